The van der Waals surface area contributed by atoms with Crippen molar-refractivity contribution in [2.24, 2.45) is 5.41 Å². The molecule has 1 saturated carbocycles. The lowest BCUT2D eigenvalue weighted by molar-refractivity contribution is -0.122. The summed E-state index contributed by atoms with van der Waals surface area (Å²) < 4.78 is 0. The van der Waals surface area contributed by atoms with Crippen molar-refractivity contribution in [3.8, 4) is 0 Å². The molecule has 2 aromatic rings. The molecule has 3 nitrogen and oxygen atoms in total. The summed E-state index contributed by atoms with van der Waals surface area (Å²) in [5.74, 6) is 0.0434. The van der Waals surface area contributed by atoms with Crippen molar-refractivity contribution in [2.45, 2.75) is 38.6 Å². The van der Waals surface area contributed by atoms with Crippen molar-refractivity contribution in [3.05, 3.63) is 48.0 Å². The van der Waals surface area contributed by atoms with Gasteiger partial charge in [-0.1, -0.05) is 55.8 Å². The SMILES string of the molecule is CC1(CO)CCCC1NC(=O)Cc1ccc2ccccc2c1. The van der Waals surface area contributed by atoms with Crippen molar-refractivity contribution in [3.63, 3.8) is 0 Å². The van der Waals surface area contributed by atoms with Crippen LogP contribution >= 0.6 is 0 Å². The zero-order chi connectivity index (χ0) is 15.6. The normalized spacial score (nSPS) is 24.5. The molecule has 1 aliphatic rings. The van der Waals surface area contributed by atoms with Crippen LogP contribution in [-0.4, -0.2) is 23.7 Å². The largest absolute Gasteiger partial charge is 0.396 e. The van der Waals surface area contributed by atoms with Crippen molar-refractivity contribution < 1.29 is 9.90 Å². The zero-order valence-electron chi connectivity index (χ0n) is 13.0. The first-order chi connectivity index (χ1) is 10.6. The van der Waals surface area contributed by atoms with E-state index in [-0.39, 0.29) is 24.0 Å². The number of benzene rings is 2. The van der Waals surface area contributed by atoms with Gasteiger partial charge in [-0.25, -0.2) is 0 Å². The molecule has 2 N–H and O–H groups in total. The molecule has 1 fully saturated rings. The number of hydrogen-bond acceptors (Lipinski definition) is 2. The Balaban J connectivity index is 1.68. The van der Waals surface area contributed by atoms with E-state index in [0.29, 0.717) is 6.42 Å². The summed E-state index contributed by atoms with van der Waals surface area (Å²) >= 11 is 0. The molecular weight excluding hydrogens is 274 g/mol. The van der Waals surface area contributed by atoms with Gasteiger partial charge in [0.25, 0.3) is 0 Å². The van der Waals surface area contributed by atoms with Gasteiger partial charge in [0.1, 0.15) is 0 Å². The summed E-state index contributed by atoms with van der Waals surface area (Å²) in [6, 6.07) is 14.4. The van der Waals surface area contributed by atoms with Crippen LogP contribution < -0.4 is 5.32 Å². The van der Waals surface area contributed by atoms with Crippen molar-refractivity contribution in [2.75, 3.05) is 6.61 Å². The van der Waals surface area contributed by atoms with Gasteiger partial charge in [0, 0.05) is 11.5 Å². The van der Waals surface area contributed by atoms with Crippen LogP contribution in [0, 0.1) is 5.41 Å². The van der Waals surface area contributed by atoms with Crippen molar-refractivity contribution in [1.82, 2.24) is 5.32 Å². The Morgan fingerprint density at radius 2 is 2.05 bits per heavy atom. The first kappa shape index (κ1) is 15.0. The number of aliphatic hydroxyl groups is 1. The summed E-state index contributed by atoms with van der Waals surface area (Å²) in [7, 11) is 0. The van der Waals surface area contributed by atoms with Crippen LogP contribution in [0.5, 0.6) is 0 Å². The Morgan fingerprint density at radius 3 is 2.82 bits per heavy atom. The highest BCUT2D eigenvalue weighted by molar-refractivity contribution is 5.85. The van der Waals surface area contributed by atoms with Crippen LogP contribution in [0.1, 0.15) is 31.7 Å². The van der Waals surface area contributed by atoms with Crippen LogP contribution in [0.25, 0.3) is 10.8 Å². The summed E-state index contributed by atoms with van der Waals surface area (Å²) in [5.41, 5.74) is 0.860. The van der Waals surface area contributed by atoms with E-state index < -0.39 is 0 Å². The minimum absolute atomic E-state index is 0.0434. The number of amides is 1. The molecule has 0 saturated heterocycles. The molecule has 0 bridgehead atoms. The van der Waals surface area contributed by atoms with E-state index >= 15 is 0 Å². The maximum absolute atomic E-state index is 12.3. The molecule has 1 aliphatic carbocycles. The average molecular weight is 297 g/mol. The van der Waals surface area contributed by atoms with Gasteiger partial charge in [0.05, 0.1) is 13.0 Å². The molecule has 2 aromatic carbocycles. The first-order valence-corrected chi connectivity index (χ1v) is 7.99. The molecule has 0 spiro atoms. The maximum Gasteiger partial charge on any atom is 0.224 e. The van der Waals surface area contributed by atoms with E-state index in [1.807, 2.05) is 18.2 Å². The maximum atomic E-state index is 12.3. The number of carbonyl (C=O) groups excluding carboxylic acids is 1. The van der Waals surface area contributed by atoms with Crippen LogP contribution in [0.3, 0.4) is 0 Å². The van der Waals surface area contributed by atoms with Gasteiger partial charge >= 0.3 is 0 Å². The van der Waals surface area contributed by atoms with E-state index in [9.17, 15) is 9.90 Å². The highest BCUT2D eigenvalue weighted by Gasteiger charge is 2.38. The Labute approximate surface area is 131 Å². The summed E-state index contributed by atoms with van der Waals surface area (Å²) in [4.78, 5) is 12.3. The lowest BCUT2D eigenvalue weighted by Gasteiger charge is -2.30. The molecule has 0 aromatic heterocycles. The molecule has 2 atom stereocenters. The van der Waals surface area contributed by atoms with Crippen LogP contribution in [0.4, 0.5) is 0 Å². The van der Waals surface area contributed by atoms with Gasteiger partial charge in [0.2, 0.25) is 5.91 Å². The highest BCUT2D eigenvalue weighted by Crippen LogP contribution is 2.37. The van der Waals surface area contributed by atoms with Crippen LogP contribution in [-0.2, 0) is 11.2 Å². The minimum Gasteiger partial charge on any atom is -0.396 e. The third-order valence-electron chi connectivity index (χ3n) is 4.96. The Hall–Kier alpha value is -1.87. The summed E-state index contributed by atoms with van der Waals surface area (Å²) in [6.45, 7) is 2.19. The fourth-order valence-corrected chi connectivity index (χ4v) is 3.45. The monoisotopic (exact) mass is 297 g/mol. The predicted octanol–water partition coefficient (Wildman–Crippen LogP) is 3.05. The second-order valence-corrected chi connectivity index (χ2v) is 6.68. The summed E-state index contributed by atoms with van der Waals surface area (Å²) in [6.07, 6.45) is 3.39. The fourth-order valence-electron chi connectivity index (χ4n) is 3.45. The zero-order valence-corrected chi connectivity index (χ0v) is 13.0. The van der Waals surface area contributed by atoms with E-state index in [0.717, 1.165) is 30.2 Å². The van der Waals surface area contributed by atoms with E-state index in [4.69, 9.17) is 0 Å². The molecule has 0 radical (unpaired) electrons. The lowest BCUT2D eigenvalue weighted by Crippen LogP contribution is -2.45. The third-order valence-corrected chi connectivity index (χ3v) is 4.96. The Bertz CT molecular complexity index is 682. The van der Waals surface area contributed by atoms with Gasteiger partial charge in [-0.15, -0.1) is 0 Å². The van der Waals surface area contributed by atoms with Crippen LogP contribution in [0.2, 0.25) is 0 Å². The van der Waals surface area contributed by atoms with E-state index in [2.05, 4.69) is 36.5 Å². The molecule has 116 valence electrons. The molecule has 3 rings (SSSR count). The molecule has 0 aliphatic heterocycles. The van der Waals surface area contributed by atoms with Gasteiger partial charge in [0.15, 0.2) is 0 Å². The number of aliphatic hydroxyl groups excluding tert-OH is 1. The third kappa shape index (κ3) is 3.00. The van der Waals surface area contributed by atoms with Crippen LogP contribution in [0.15, 0.2) is 42.5 Å². The molecule has 22 heavy (non-hydrogen) atoms. The Morgan fingerprint density at radius 1 is 1.27 bits per heavy atom. The second kappa shape index (κ2) is 6.09. The van der Waals surface area contributed by atoms with Crippen molar-refractivity contribution >= 4 is 16.7 Å². The quantitative estimate of drug-likeness (QED) is 0.911. The molecule has 0 heterocycles. The highest BCUT2D eigenvalue weighted by atomic mass is 16.3. The first-order valence-electron chi connectivity index (χ1n) is 7.99. The standard InChI is InChI=1S/C19H23NO2/c1-19(13-21)10-4-7-17(19)20-18(22)12-14-8-9-15-5-2-3-6-16(15)11-14/h2-3,5-6,8-9,11,17,21H,4,7,10,12-13H2,1H3,(H,20,22). The van der Waals surface area contributed by atoms with E-state index in [1.54, 1.807) is 0 Å². The van der Waals surface area contributed by atoms with Gasteiger partial charge in [-0.3, -0.25) is 4.79 Å². The number of rotatable bonds is 4. The average Bonchev–Trinajstić information content (AvgIpc) is 2.88. The van der Waals surface area contributed by atoms with Gasteiger partial charge < -0.3 is 10.4 Å². The number of hydrogen-bond donors (Lipinski definition) is 2. The topological polar surface area (TPSA) is 49.3 Å². The van der Waals surface area contributed by atoms with Gasteiger partial charge in [-0.05, 0) is 29.2 Å². The lowest BCUT2D eigenvalue weighted by atomic mass is 9.85. The number of carbonyl (C=O) groups is 1. The second-order valence-electron chi connectivity index (χ2n) is 6.68. The number of nitrogens with one attached hydrogen (secondary N) is 1. The molecule has 1 amide bonds. The molecule has 2 unspecified atom stereocenters. The molecular formula is C19H23NO2. The van der Waals surface area contributed by atoms with E-state index in [1.165, 1.54) is 5.39 Å². The Kier molecular flexibility index (Phi) is 4.16. The van der Waals surface area contributed by atoms with Crippen molar-refractivity contribution in [1.29, 1.82) is 0 Å². The minimum atomic E-state index is -0.168. The smallest absolute Gasteiger partial charge is 0.224 e. The summed E-state index contributed by atoms with van der Waals surface area (Å²) in [5, 5.41) is 15.0. The predicted molar refractivity (Wildman–Crippen MR) is 88.6 cm³/mol. The number of fused-ring (bicyclic) bond motifs is 1. The molecule has 3 heteroatoms. The van der Waals surface area contributed by atoms with Gasteiger partial charge in [-0.2, -0.15) is 0 Å². The fraction of sp³-hybridized carbons (Fsp3) is 0.421.